The van der Waals surface area contributed by atoms with Crippen LogP contribution in [0, 0.1) is 0 Å². The van der Waals surface area contributed by atoms with E-state index in [1.807, 2.05) is 0 Å². The van der Waals surface area contributed by atoms with Crippen LogP contribution in [-0.4, -0.2) is 34.1 Å². The smallest absolute Gasteiger partial charge is 0.238 e. The molecule has 1 aromatic heterocycles. The zero-order chi connectivity index (χ0) is 16.3. The minimum Gasteiger partial charge on any atom is -0.370 e. The van der Waals surface area contributed by atoms with Gasteiger partial charge in [0.05, 0.1) is 10.9 Å². The Balaban J connectivity index is 0.000000162. The highest BCUT2D eigenvalue weighted by Crippen LogP contribution is 2.35. The molecule has 0 radical (unpaired) electrons. The molecule has 2 amide bonds. The molecule has 1 spiro atoms. The number of nitrogens with one attached hydrogen (secondary N) is 2. The van der Waals surface area contributed by atoms with Crippen molar-refractivity contribution in [1.82, 2.24) is 10.3 Å². The van der Waals surface area contributed by atoms with Gasteiger partial charge in [-0.05, 0) is 25.0 Å². The minimum atomic E-state index is -0.484. The van der Waals surface area contributed by atoms with Crippen molar-refractivity contribution in [2.24, 2.45) is 5.73 Å². The normalized spacial score (nSPS) is 24.0. The molecule has 1 unspecified atom stereocenters. The summed E-state index contributed by atoms with van der Waals surface area (Å²) in [6, 6.07) is 3.52. The number of primary amides is 1. The van der Waals surface area contributed by atoms with Crippen molar-refractivity contribution in [3.05, 3.63) is 18.3 Å². The van der Waals surface area contributed by atoms with Gasteiger partial charge in [0.25, 0.3) is 0 Å². The van der Waals surface area contributed by atoms with Crippen molar-refractivity contribution in [2.45, 2.75) is 54.3 Å². The second-order valence-electron chi connectivity index (χ2n) is 6.32. The van der Waals surface area contributed by atoms with E-state index < -0.39 is 11.2 Å². The quantitative estimate of drug-likeness (QED) is 0.713. The number of anilines is 1. The lowest BCUT2D eigenvalue weighted by atomic mass is 9.89. The molecule has 1 saturated heterocycles. The Kier molecular flexibility index (Phi) is 4.87. The van der Waals surface area contributed by atoms with Gasteiger partial charge in [0.1, 0.15) is 5.03 Å². The van der Waals surface area contributed by atoms with E-state index >= 15 is 0 Å². The van der Waals surface area contributed by atoms with Gasteiger partial charge in [-0.15, -0.1) is 0 Å². The highest BCUT2D eigenvalue weighted by molar-refractivity contribution is 8.00. The van der Waals surface area contributed by atoms with Gasteiger partial charge in [-0.3, -0.25) is 9.59 Å². The second kappa shape index (κ2) is 6.88. The fourth-order valence-corrected chi connectivity index (χ4v) is 4.06. The van der Waals surface area contributed by atoms with Gasteiger partial charge in [0.15, 0.2) is 0 Å². The van der Waals surface area contributed by atoms with E-state index in [0.29, 0.717) is 11.2 Å². The third kappa shape index (κ3) is 4.23. The molecule has 2 fully saturated rings. The van der Waals surface area contributed by atoms with Crippen molar-refractivity contribution in [1.29, 1.82) is 0 Å². The first-order valence-corrected chi connectivity index (χ1v) is 8.92. The molecular weight excluding hydrogens is 312 g/mol. The van der Waals surface area contributed by atoms with Gasteiger partial charge in [0, 0.05) is 24.7 Å². The highest BCUT2D eigenvalue weighted by atomic mass is 32.2. The Labute approximate surface area is 140 Å². The van der Waals surface area contributed by atoms with Crippen LogP contribution >= 0.6 is 11.8 Å². The number of nitrogens with zero attached hydrogens (tertiary/aromatic N) is 1. The predicted octanol–water partition coefficient (Wildman–Crippen LogP) is 1.66. The molecule has 2 aliphatic heterocycles. The number of thioether (sulfide) groups is 1. The van der Waals surface area contributed by atoms with Crippen molar-refractivity contribution in [2.75, 3.05) is 11.9 Å². The lowest BCUT2D eigenvalue weighted by Gasteiger charge is -2.21. The number of nitrogens with two attached hydrogens (primary N) is 1. The SMILES string of the molecule is C1CCC2(CC1)CN2.NC(=O)CC1Sc2ncccc2NC1=O. The van der Waals surface area contributed by atoms with Crippen LogP contribution in [0.1, 0.15) is 38.5 Å². The first kappa shape index (κ1) is 16.3. The molecule has 0 aromatic carbocycles. The Morgan fingerprint density at radius 2 is 2.13 bits per heavy atom. The molecule has 1 aliphatic carbocycles. The number of carbonyl (C=O) groups is 2. The summed E-state index contributed by atoms with van der Waals surface area (Å²) in [6.45, 7) is 1.31. The van der Waals surface area contributed by atoms with Crippen LogP contribution in [0.3, 0.4) is 0 Å². The van der Waals surface area contributed by atoms with Crippen molar-refractivity contribution in [3.8, 4) is 0 Å². The Hall–Kier alpha value is -1.60. The summed E-state index contributed by atoms with van der Waals surface area (Å²) in [6.07, 6.45) is 8.99. The van der Waals surface area contributed by atoms with Crippen LogP contribution in [0.5, 0.6) is 0 Å². The molecule has 4 rings (SSSR count). The monoisotopic (exact) mass is 334 g/mol. The van der Waals surface area contributed by atoms with E-state index in [1.165, 1.54) is 50.4 Å². The zero-order valence-electron chi connectivity index (χ0n) is 13.0. The van der Waals surface area contributed by atoms with E-state index in [0.717, 1.165) is 5.03 Å². The molecule has 1 aromatic rings. The third-order valence-electron chi connectivity index (χ3n) is 4.45. The van der Waals surface area contributed by atoms with Crippen LogP contribution in [0.4, 0.5) is 5.69 Å². The number of hydrogen-bond acceptors (Lipinski definition) is 5. The second-order valence-corrected chi connectivity index (χ2v) is 7.51. The molecule has 1 atom stereocenters. The summed E-state index contributed by atoms with van der Waals surface area (Å²) >= 11 is 1.27. The number of carbonyl (C=O) groups excluding carboxylic acids is 2. The number of aromatic nitrogens is 1. The average Bonchev–Trinajstić information content (AvgIpc) is 3.28. The molecule has 4 N–H and O–H groups in total. The maximum Gasteiger partial charge on any atom is 0.238 e. The number of fused-ring (bicyclic) bond motifs is 1. The lowest BCUT2D eigenvalue weighted by molar-refractivity contribution is -0.121. The molecule has 124 valence electrons. The number of rotatable bonds is 2. The molecule has 0 bridgehead atoms. The largest absolute Gasteiger partial charge is 0.370 e. The van der Waals surface area contributed by atoms with Gasteiger partial charge in [0.2, 0.25) is 11.8 Å². The molecule has 1 saturated carbocycles. The zero-order valence-corrected chi connectivity index (χ0v) is 13.8. The van der Waals surface area contributed by atoms with Crippen molar-refractivity contribution in [3.63, 3.8) is 0 Å². The number of pyridine rings is 1. The van der Waals surface area contributed by atoms with Crippen LogP contribution in [0.15, 0.2) is 23.4 Å². The van der Waals surface area contributed by atoms with Crippen molar-refractivity contribution < 1.29 is 9.59 Å². The van der Waals surface area contributed by atoms with Gasteiger partial charge >= 0.3 is 0 Å². The first-order chi connectivity index (χ1) is 11.1. The van der Waals surface area contributed by atoms with Crippen LogP contribution in [0.25, 0.3) is 0 Å². The fraction of sp³-hybridized carbons (Fsp3) is 0.562. The summed E-state index contributed by atoms with van der Waals surface area (Å²) in [4.78, 5) is 26.4. The third-order valence-corrected chi connectivity index (χ3v) is 5.66. The topological polar surface area (TPSA) is 107 Å². The summed E-state index contributed by atoms with van der Waals surface area (Å²) in [5.74, 6) is -0.679. The van der Waals surface area contributed by atoms with Gasteiger partial charge in [-0.25, -0.2) is 4.98 Å². The van der Waals surface area contributed by atoms with Crippen LogP contribution in [-0.2, 0) is 9.59 Å². The molecule has 6 nitrogen and oxygen atoms in total. The Morgan fingerprint density at radius 3 is 2.74 bits per heavy atom. The van der Waals surface area contributed by atoms with E-state index in [9.17, 15) is 9.59 Å². The standard InChI is InChI=1S/C9H9N3O2S.C7H13N/c10-7(13)4-6-8(14)12-5-2-1-3-11-9(5)15-6;1-2-4-7(5-3-1)6-8-7/h1-3,6H,4H2,(H2,10,13)(H,12,14);8H,1-6H2. The number of amides is 2. The maximum absolute atomic E-state index is 11.5. The molecule has 3 aliphatic rings. The molecule has 3 heterocycles. The summed E-state index contributed by atoms with van der Waals surface area (Å²) in [5, 5.41) is 6.39. The predicted molar refractivity (Wildman–Crippen MR) is 90.1 cm³/mol. The fourth-order valence-electron chi connectivity index (χ4n) is 3.01. The van der Waals surface area contributed by atoms with E-state index in [-0.39, 0.29) is 12.3 Å². The Bertz CT molecular complexity index is 595. The highest BCUT2D eigenvalue weighted by Gasteiger charge is 2.41. The summed E-state index contributed by atoms with van der Waals surface area (Å²) in [5.41, 5.74) is 6.42. The first-order valence-electron chi connectivity index (χ1n) is 8.04. The molecule has 23 heavy (non-hydrogen) atoms. The van der Waals surface area contributed by atoms with Gasteiger partial charge in [-0.2, -0.15) is 0 Å². The van der Waals surface area contributed by atoms with Gasteiger partial charge < -0.3 is 16.4 Å². The molecular formula is C16H22N4O2S. The molecule has 7 heteroatoms. The van der Waals surface area contributed by atoms with Crippen LogP contribution in [0.2, 0.25) is 0 Å². The van der Waals surface area contributed by atoms with E-state index in [4.69, 9.17) is 5.73 Å². The minimum absolute atomic E-state index is 0.0342. The van der Waals surface area contributed by atoms with Crippen molar-refractivity contribution >= 4 is 29.3 Å². The lowest BCUT2D eigenvalue weighted by Crippen LogP contribution is -2.32. The Morgan fingerprint density at radius 1 is 1.39 bits per heavy atom. The summed E-state index contributed by atoms with van der Waals surface area (Å²) < 4.78 is 0. The van der Waals surface area contributed by atoms with Crippen LogP contribution < -0.4 is 16.4 Å². The number of hydrogen-bond donors (Lipinski definition) is 3. The van der Waals surface area contributed by atoms with Gasteiger partial charge in [-0.1, -0.05) is 31.0 Å². The average molecular weight is 334 g/mol. The van der Waals surface area contributed by atoms with E-state index in [1.54, 1.807) is 18.3 Å². The maximum atomic E-state index is 11.5. The van der Waals surface area contributed by atoms with E-state index in [2.05, 4.69) is 15.6 Å². The summed E-state index contributed by atoms with van der Waals surface area (Å²) in [7, 11) is 0.